The zero-order valence-corrected chi connectivity index (χ0v) is 14.1. The summed E-state index contributed by atoms with van der Waals surface area (Å²) in [5.41, 5.74) is 0.668. The van der Waals surface area contributed by atoms with Gasteiger partial charge in [-0.25, -0.2) is 0 Å². The molecule has 1 atom stereocenters. The van der Waals surface area contributed by atoms with Crippen LogP contribution in [0.2, 0.25) is 0 Å². The second-order valence-electron chi connectivity index (χ2n) is 5.72. The normalized spacial score (nSPS) is 13.9. The fourth-order valence-electron chi connectivity index (χ4n) is 2.42. The molecule has 1 amide bonds. The van der Waals surface area contributed by atoms with E-state index in [9.17, 15) is 9.90 Å². The minimum atomic E-state index is -1.07. The van der Waals surface area contributed by atoms with Crippen LogP contribution in [0, 0.1) is 0 Å². The molecule has 2 heterocycles. The molecule has 2 aromatic heterocycles. The molecule has 0 aliphatic heterocycles. The molecular formula is C19H18N2O2S. The zero-order chi connectivity index (χ0) is 17.0. The molecule has 0 saturated heterocycles. The summed E-state index contributed by atoms with van der Waals surface area (Å²) in [6.45, 7) is 1.85. The number of carbonyl (C=O) groups is 1. The predicted molar refractivity (Wildman–Crippen MR) is 97.7 cm³/mol. The number of rotatable bonds is 5. The lowest BCUT2D eigenvalue weighted by Crippen LogP contribution is -2.37. The summed E-state index contributed by atoms with van der Waals surface area (Å²) in [6.07, 6.45) is 4.94. The second-order valence-corrected chi connectivity index (χ2v) is 6.67. The van der Waals surface area contributed by atoms with Gasteiger partial charge in [-0.2, -0.15) is 0 Å². The molecular weight excluding hydrogens is 320 g/mol. The van der Waals surface area contributed by atoms with Gasteiger partial charge in [-0.05, 0) is 30.5 Å². The van der Waals surface area contributed by atoms with E-state index in [-0.39, 0.29) is 12.5 Å². The molecule has 24 heavy (non-hydrogen) atoms. The molecule has 1 aromatic carbocycles. The van der Waals surface area contributed by atoms with Gasteiger partial charge in [0.05, 0.1) is 12.1 Å². The summed E-state index contributed by atoms with van der Waals surface area (Å²) < 4.78 is 0. The highest BCUT2D eigenvalue weighted by atomic mass is 32.1. The number of pyridine rings is 1. The number of carbonyl (C=O) groups excluding carboxylic acids is 1. The minimum Gasteiger partial charge on any atom is -0.383 e. The predicted octanol–water partition coefficient (Wildman–Crippen LogP) is 3.33. The van der Waals surface area contributed by atoms with Crippen LogP contribution < -0.4 is 5.32 Å². The van der Waals surface area contributed by atoms with Gasteiger partial charge in [0.2, 0.25) is 5.91 Å². The molecule has 3 rings (SSSR count). The van der Waals surface area contributed by atoms with Gasteiger partial charge in [-0.15, -0.1) is 11.3 Å². The lowest BCUT2D eigenvalue weighted by Gasteiger charge is -2.21. The first-order valence-electron chi connectivity index (χ1n) is 7.62. The first-order chi connectivity index (χ1) is 11.6. The molecule has 0 radical (unpaired) electrons. The van der Waals surface area contributed by atoms with E-state index in [1.807, 2.05) is 47.8 Å². The number of aromatic nitrogens is 1. The monoisotopic (exact) mass is 338 g/mol. The third-order valence-electron chi connectivity index (χ3n) is 3.74. The molecule has 0 spiro atoms. The molecule has 4 nitrogen and oxygen atoms in total. The Kier molecular flexibility index (Phi) is 4.74. The summed E-state index contributed by atoms with van der Waals surface area (Å²) in [5, 5.41) is 16.1. The third-order valence-corrected chi connectivity index (χ3v) is 4.86. The molecule has 0 aliphatic carbocycles. The van der Waals surface area contributed by atoms with Crippen molar-refractivity contribution in [3.63, 3.8) is 0 Å². The van der Waals surface area contributed by atoms with E-state index in [2.05, 4.69) is 10.3 Å². The van der Waals surface area contributed by atoms with Crippen LogP contribution in [0.3, 0.4) is 0 Å². The zero-order valence-electron chi connectivity index (χ0n) is 13.3. The summed E-state index contributed by atoms with van der Waals surface area (Å²) in [4.78, 5) is 17.2. The quantitative estimate of drug-likeness (QED) is 0.702. The molecule has 1 unspecified atom stereocenters. The van der Waals surface area contributed by atoms with Crippen LogP contribution in [0.4, 0.5) is 0 Å². The molecule has 0 saturated carbocycles. The molecule has 2 N–H and O–H groups in total. The highest BCUT2D eigenvalue weighted by molar-refractivity contribution is 7.10. The van der Waals surface area contributed by atoms with Gasteiger partial charge in [-0.3, -0.25) is 9.78 Å². The average Bonchev–Trinajstić information content (AvgIpc) is 3.14. The van der Waals surface area contributed by atoms with Crippen LogP contribution in [-0.2, 0) is 10.4 Å². The molecule has 0 fully saturated rings. The van der Waals surface area contributed by atoms with Crippen LogP contribution in [0.25, 0.3) is 17.0 Å². The first-order valence-corrected chi connectivity index (χ1v) is 8.50. The molecule has 0 aliphatic rings. The van der Waals surface area contributed by atoms with E-state index in [1.54, 1.807) is 19.2 Å². The molecule has 3 aromatic rings. The Morgan fingerprint density at radius 2 is 2.12 bits per heavy atom. The molecule has 122 valence electrons. The van der Waals surface area contributed by atoms with Crippen molar-refractivity contribution in [1.82, 2.24) is 10.3 Å². The number of para-hydroxylation sites is 1. The van der Waals surface area contributed by atoms with Gasteiger partial charge in [-0.1, -0.05) is 30.3 Å². The van der Waals surface area contributed by atoms with Crippen molar-refractivity contribution >= 4 is 34.2 Å². The lowest BCUT2D eigenvalue weighted by atomic mass is 10.1. The Morgan fingerprint density at radius 1 is 1.29 bits per heavy atom. The maximum absolute atomic E-state index is 12.0. The van der Waals surface area contributed by atoms with E-state index >= 15 is 0 Å². The summed E-state index contributed by atoms with van der Waals surface area (Å²) >= 11 is 1.47. The Bertz CT molecular complexity index is 865. The molecule has 5 heteroatoms. The first kappa shape index (κ1) is 16.4. The van der Waals surface area contributed by atoms with Crippen molar-refractivity contribution in [1.29, 1.82) is 0 Å². The van der Waals surface area contributed by atoms with Crippen molar-refractivity contribution in [3.05, 3.63) is 70.6 Å². The summed E-state index contributed by atoms with van der Waals surface area (Å²) in [7, 11) is 0. The van der Waals surface area contributed by atoms with Gasteiger partial charge in [0.1, 0.15) is 5.60 Å². The van der Waals surface area contributed by atoms with Crippen LogP contribution in [0.15, 0.2) is 60.1 Å². The Morgan fingerprint density at radius 3 is 2.92 bits per heavy atom. The van der Waals surface area contributed by atoms with E-state index < -0.39 is 5.60 Å². The van der Waals surface area contributed by atoms with Crippen molar-refractivity contribution in [2.24, 2.45) is 0 Å². The Hall–Kier alpha value is -2.50. The van der Waals surface area contributed by atoms with Gasteiger partial charge in [0.15, 0.2) is 0 Å². The third kappa shape index (κ3) is 3.69. The number of hydrogen-bond donors (Lipinski definition) is 2. The van der Waals surface area contributed by atoms with E-state index in [0.29, 0.717) is 0 Å². The number of thiophene rings is 1. The topological polar surface area (TPSA) is 62.2 Å². The number of hydrogen-bond acceptors (Lipinski definition) is 4. The van der Waals surface area contributed by atoms with Crippen molar-refractivity contribution in [2.45, 2.75) is 12.5 Å². The fraction of sp³-hybridized carbons (Fsp3) is 0.158. The number of amides is 1. The largest absolute Gasteiger partial charge is 0.383 e. The maximum Gasteiger partial charge on any atom is 0.244 e. The van der Waals surface area contributed by atoms with Crippen molar-refractivity contribution in [3.8, 4) is 0 Å². The van der Waals surface area contributed by atoms with Gasteiger partial charge < -0.3 is 10.4 Å². The van der Waals surface area contributed by atoms with Gasteiger partial charge in [0, 0.05) is 28.1 Å². The highest BCUT2D eigenvalue weighted by Gasteiger charge is 2.24. The van der Waals surface area contributed by atoms with E-state index in [1.165, 1.54) is 17.4 Å². The Balaban J connectivity index is 1.67. The van der Waals surface area contributed by atoms with Crippen LogP contribution >= 0.6 is 11.3 Å². The van der Waals surface area contributed by atoms with Crippen LogP contribution in [0.1, 0.15) is 17.4 Å². The SMILES string of the molecule is CC(O)(CNC(=O)/C=C/c1cccc2cccnc12)c1cccs1. The minimum absolute atomic E-state index is 0.157. The standard InChI is InChI=1S/C19H18N2O2S/c1-19(23,16-8-4-12-24-16)13-21-17(22)10-9-15-6-2-5-14-7-3-11-20-18(14)15/h2-12,23H,13H2,1H3,(H,21,22)/b10-9+. The van der Waals surface area contributed by atoms with E-state index in [0.717, 1.165) is 21.3 Å². The average molecular weight is 338 g/mol. The number of benzene rings is 1. The number of nitrogens with zero attached hydrogens (tertiary/aromatic N) is 1. The van der Waals surface area contributed by atoms with Gasteiger partial charge in [0.25, 0.3) is 0 Å². The summed E-state index contributed by atoms with van der Waals surface area (Å²) in [6, 6.07) is 13.4. The fourth-order valence-corrected chi connectivity index (χ4v) is 3.20. The van der Waals surface area contributed by atoms with Crippen molar-refractivity contribution in [2.75, 3.05) is 6.54 Å². The maximum atomic E-state index is 12.0. The van der Waals surface area contributed by atoms with Gasteiger partial charge >= 0.3 is 0 Å². The number of nitrogens with one attached hydrogen (secondary N) is 1. The smallest absolute Gasteiger partial charge is 0.244 e. The molecule has 0 bridgehead atoms. The number of fused-ring (bicyclic) bond motifs is 1. The Labute approximate surface area is 144 Å². The van der Waals surface area contributed by atoms with Crippen molar-refractivity contribution < 1.29 is 9.90 Å². The lowest BCUT2D eigenvalue weighted by molar-refractivity contribution is -0.117. The second kappa shape index (κ2) is 6.95. The van der Waals surface area contributed by atoms with Crippen LogP contribution in [-0.4, -0.2) is 22.5 Å². The van der Waals surface area contributed by atoms with Crippen LogP contribution in [0.5, 0.6) is 0 Å². The summed E-state index contributed by atoms with van der Waals surface area (Å²) in [5.74, 6) is -0.250. The van der Waals surface area contributed by atoms with E-state index in [4.69, 9.17) is 0 Å². The number of aliphatic hydroxyl groups is 1. The highest BCUT2D eigenvalue weighted by Crippen LogP contribution is 2.24.